The predicted molar refractivity (Wildman–Crippen MR) is 60.5 cm³/mol. The molecule has 4 heteroatoms. The second-order valence-electron chi connectivity index (χ2n) is 3.01. The summed E-state index contributed by atoms with van der Waals surface area (Å²) in [5.41, 5.74) is 0.0386. The van der Waals surface area contributed by atoms with Crippen LogP contribution in [-0.4, -0.2) is 10.6 Å². The highest BCUT2D eigenvalue weighted by Gasteiger charge is 1.96. The first-order chi connectivity index (χ1) is 7.36. The monoisotopic (exact) mass is 221 g/mol. The molecule has 0 fully saturated rings. The minimum Gasteiger partial charge on any atom is -0.492 e. The lowest BCUT2D eigenvalue weighted by Gasteiger charge is -2.05. The van der Waals surface area contributed by atoms with E-state index in [9.17, 15) is 4.79 Å². The van der Waals surface area contributed by atoms with Gasteiger partial charge in [-0.1, -0.05) is 29.7 Å². The van der Waals surface area contributed by atoms with Gasteiger partial charge in [-0.05, 0) is 12.1 Å². The minimum absolute atomic E-state index is 0.0386. The number of ether oxygens (including phenoxy) is 1. The Hall–Kier alpha value is -1.55. The quantitative estimate of drug-likeness (QED) is 0.790. The Morgan fingerprint density at radius 2 is 2.00 bits per heavy atom. The molecule has 0 bridgehead atoms. The number of aromatic nitrogens is 1. The van der Waals surface area contributed by atoms with Crippen molar-refractivity contribution in [2.75, 3.05) is 6.61 Å². The third kappa shape index (κ3) is 2.70. The highest BCUT2D eigenvalue weighted by atomic mass is 32.1. The van der Waals surface area contributed by atoms with E-state index in [-0.39, 0.29) is 5.56 Å². The van der Waals surface area contributed by atoms with Gasteiger partial charge in [0.15, 0.2) is 0 Å². The average molecular weight is 221 g/mol. The third-order valence-corrected chi connectivity index (χ3v) is 2.83. The van der Waals surface area contributed by atoms with Crippen LogP contribution in [0.1, 0.15) is 0 Å². The summed E-state index contributed by atoms with van der Waals surface area (Å²) in [7, 11) is 0. The first kappa shape index (κ1) is 9.98. The SMILES string of the molecule is O=c1ccsn1CCOc1ccccc1. The second kappa shape index (κ2) is 4.79. The molecule has 0 aliphatic heterocycles. The van der Waals surface area contributed by atoms with Gasteiger partial charge in [0.1, 0.15) is 12.4 Å². The molecule has 0 aliphatic carbocycles. The fourth-order valence-corrected chi connectivity index (χ4v) is 1.89. The molecule has 0 saturated heterocycles. The molecule has 0 amide bonds. The number of hydrogen-bond acceptors (Lipinski definition) is 3. The summed E-state index contributed by atoms with van der Waals surface area (Å²) in [6.07, 6.45) is 0. The number of hydrogen-bond donors (Lipinski definition) is 0. The van der Waals surface area contributed by atoms with Crippen molar-refractivity contribution in [1.29, 1.82) is 0 Å². The molecule has 0 N–H and O–H groups in total. The average Bonchev–Trinajstić information content (AvgIpc) is 2.66. The molecule has 0 aliphatic rings. The third-order valence-electron chi connectivity index (χ3n) is 1.95. The number of rotatable bonds is 4. The van der Waals surface area contributed by atoms with Crippen molar-refractivity contribution >= 4 is 11.5 Å². The molecule has 1 aromatic carbocycles. The summed E-state index contributed by atoms with van der Waals surface area (Å²) < 4.78 is 7.15. The zero-order valence-corrected chi connectivity index (χ0v) is 8.94. The second-order valence-corrected chi connectivity index (χ2v) is 3.93. The highest BCUT2D eigenvalue weighted by Crippen LogP contribution is 2.08. The van der Waals surface area contributed by atoms with Gasteiger partial charge in [-0.25, -0.2) is 0 Å². The van der Waals surface area contributed by atoms with Crippen molar-refractivity contribution in [3.8, 4) is 5.75 Å². The molecule has 1 heterocycles. The summed E-state index contributed by atoms with van der Waals surface area (Å²) in [6.45, 7) is 1.12. The van der Waals surface area contributed by atoms with Gasteiger partial charge in [0.05, 0.1) is 6.54 Å². The van der Waals surface area contributed by atoms with Gasteiger partial charge in [-0.3, -0.25) is 8.75 Å². The van der Waals surface area contributed by atoms with E-state index in [1.54, 1.807) is 15.4 Å². The van der Waals surface area contributed by atoms with Crippen molar-refractivity contribution in [3.05, 3.63) is 52.1 Å². The molecule has 78 valence electrons. The van der Waals surface area contributed by atoms with Gasteiger partial charge in [-0.15, -0.1) is 0 Å². The van der Waals surface area contributed by atoms with E-state index in [2.05, 4.69) is 0 Å². The number of nitrogens with zero attached hydrogens (tertiary/aromatic N) is 1. The maximum Gasteiger partial charge on any atom is 0.260 e. The largest absolute Gasteiger partial charge is 0.492 e. The van der Waals surface area contributed by atoms with Gasteiger partial charge in [0.2, 0.25) is 0 Å². The van der Waals surface area contributed by atoms with Crippen molar-refractivity contribution in [2.45, 2.75) is 6.54 Å². The molecule has 1 aromatic heterocycles. The fraction of sp³-hybridized carbons (Fsp3) is 0.182. The molecule has 0 saturated carbocycles. The van der Waals surface area contributed by atoms with Gasteiger partial charge in [0, 0.05) is 11.4 Å². The Balaban J connectivity index is 1.86. The number of benzene rings is 1. The summed E-state index contributed by atoms with van der Waals surface area (Å²) in [5.74, 6) is 0.835. The molecular formula is C11H11NO2S. The molecule has 2 aromatic rings. The summed E-state index contributed by atoms with van der Waals surface area (Å²) in [5, 5.41) is 1.78. The normalized spacial score (nSPS) is 10.1. The van der Waals surface area contributed by atoms with E-state index in [0.717, 1.165) is 5.75 Å². The van der Waals surface area contributed by atoms with E-state index in [1.165, 1.54) is 11.5 Å². The van der Waals surface area contributed by atoms with Crippen molar-refractivity contribution in [1.82, 2.24) is 3.96 Å². The lowest BCUT2D eigenvalue weighted by Crippen LogP contribution is -2.16. The first-order valence-corrected chi connectivity index (χ1v) is 5.52. The van der Waals surface area contributed by atoms with Gasteiger partial charge in [0.25, 0.3) is 5.56 Å². The lowest BCUT2D eigenvalue weighted by atomic mass is 10.3. The predicted octanol–water partition coefficient (Wildman–Crippen LogP) is 1.99. The molecular weight excluding hydrogens is 210 g/mol. The molecule has 2 rings (SSSR count). The van der Waals surface area contributed by atoms with Crippen LogP contribution in [0.3, 0.4) is 0 Å². The first-order valence-electron chi connectivity index (χ1n) is 4.69. The molecule has 15 heavy (non-hydrogen) atoms. The Labute approximate surface area is 91.7 Å². The minimum atomic E-state index is 0.0386. The Morgan fingerprint density at radius 3 is 2.67 bits per heavy atom. The van der Waals surface area contributed by atoms with Gasteiger partial charge < -0.3 is 4.74 Å². The van der Waals surface area contributed by atoms with E-state index >= 15 is 0 Å². The number of para-hydroxylation sites is 1. The molecule has 0 spiro atoms. The van der Waals surface area contributed by atoms with Gasteiger partial charge >= 0.3 is 0 Å². The molecule has 0 radical (unpaired) electrons. The summed E-state index contributed by atoms with van der Waals surface area (Å²) in [6, 6.07) is 11.2. The highest BCUT2D eigenvalue weighted by molar-refractivity contribution is 7.04. The lowest BCUT2D eigenvalue weighted by molar-refractivity contribution is 0.302. The Morgan fingerprint density at radius 1 is 1.20 bits per heavy atom. The topological polar surface area (TPSA) is 31.2 Å². The van der Waals surface area contributed by atoms with Crippen molar-refractivity contribution in [3.63, 3.8) is 0 Å². The zero-order valence-electron chi connectivity index (χ0n) is 8.13. The summed E-state index contributed by atoms with van der Waals surface area (Å²) >= 11 is 1.41. The van der Waals surface area contributed by atoms with Crippen LogP contribution in [-0.2, 0) is 6.54 Å². The Bertz CT molecular complexity index is 461. The molecule has 0 unspecified atom stereocenters. The van der Waals surface area contributed by atoms with Crippen LogP contribution in [0.25, 0.3) is 0 Å². The maximum absolute atomic E-state index is 11.2. The van der Waals surface area contributed by atoms with E-state index in [1.807, 2.05) is 30.3 Å². The fourth-order valence-electron chi connectivity index (χ4n) is 1.22. The van der Waals surface area contributed by atoms with Crippen LogP contribution >= 0.6 is 11.5 Å². The molecule has 3 nitrogen and oxygen atoms in total. The van der Waals surface area contributed by atoms with Crippen LogP contribution in [0.2, 0.25) is 0 Å². The summed E-state index contributed by atoms with van der Waals surface area (Å²) in [4.78, 5) is 11.2. The Kier molecular flexibility index (Phi) is 3.19. The van der Waals surface area contributed by atoms with Crippen LogP contribution in [0.4, 0.5) is 0 Å². The van der Waals surface area contributed by atoms with Crippen molar-refractivity contribution in [2.24, 2.45) is 0 Å². The van der Waals surface area contributed by atoms with Crippen LogP contribution in [0.5, 0.6) is 5.75 Å². The van der Waals surface area contributed by atoms with E-state index in [0.29, 0.717) is 13.2 Å². The van der Waals surface area contributed by atoms with Crippen LogP contribution in [0.15, 0.2) is 46.6 Å². The smallest absolute Gasteiger partial charge is 0.260 e. The maximum atomic E-state index is 11.2. The van der Waals surface area contributed by atoms with Crippen molar-refractivity contribution < 1.29 is 4.74 Å². The van der Waals surface area contributed by atoms with Crippen LogP contribution < -0.4 is 10.3 Å². The van der Waals surface area contributed by atoms with E-state index < -0.39 is 0 Å². The zero-order chi connectivity index (χ0) is 10.5. The van der Waals surface area contributed by atoms with Crippen LogP contribution in [0, 0.1) is 0 Å². The molecule has 0 atom stereocenters. The van der Waals surface area contributed by atoms with E-state index in [4.69, 9.17) is 4.74 Å². The standard InChI is InChI=1S/C11H11NO2S/c13-11-6-9-15-12(11)7-8-14-10-4-2-1-3-5-10/h1-6,9H,7-8H2. The van der Waals surface area contributed by atoms with Gasteiger partial charge in [-0.2, -0.15) is 0 Å².